The minimum Gasteiger partial charge on any atom is -0.493 e. The van der Waals surface area contributed by atoms with Gasteiger partial charge in [-0.05, 0) is 35.4 Å². The van der Waals surface area contributed by atoms with E-state index in [1.165, 1.54) is 6.08 Å². The topological polar surface area (TPSA) is 51.5 Å². The van der Waals surface area contributed by atoms with Crippen molar-refractivity contribution >= 4 is 40.2 Å². The van der Waals surface area contributed by atoms with E-state index in [0.717, 1.165) is 5.56 Å². The molecule has 1 N–H and O–H groups in total. The summed E-state index contributed by atoms with van der Waals surface area (Å²) in [5, 5.41) is 3.55. The lowest BCUT2D eigenvalue weighted by Crippen LogP contribution is -2.07. The number of furan rings is 1. The number of ether oxygens (including phenoxy) is 1. The Morgan fingerprint density at radius 2 is 1.96 bits per heavy atom. The first kappa shape index (κ1) is 15.2. The molecule has 3 aromatic rings. The quantitative estimate of drug-likeness (QED) is 0.704. The van der Waals surface area contributed by atoms with Crippen LogP contribution in [0, 0.1) is 0 Å². The second-order valence-corrected chi connectivity index (χ2v) is 5.16. The fourth-order valence-corrected chi connectivity index (χ4v) is 2.47. The maximum Gasteiger partial charge on any atom is 0.248 e. The standard InChI is InChI=1S/C18H14ClNO3/c1-22-14-9-5-8-13-16(18(19)23-17(13)14)20-15(21)11-10-12-6-3-2-4-7-12/h2-11H,1H3,(H,20,21). The number of methoxy groups -OCH3 is 1. The number of hydrogen-bond donors (Lipinski definition) is 1. The number of benzene rings is 2. The van der Waals surface area contributed by atoms with Crippen molar-refractivity contribution in [1.29, 1.82) is 0 Å². The van der Waals surface area contributed by atoms with Crippen LogP contribution in [0.2, 0.25) is 5.22 Å². The highest BCUT2D eigenvalue weighted by Crippen LogP contribution is 2.38. The van der Waals surface area contributed by atoms with Gasteiger partial charge in [-0.1, -0.05) is 36.4 Å². The number of fused-ring (bicyclic) bond motifs is 1. The van der Waals surface area contributed by atoms with Gasteiger partial charge in [0.05, 0.1) is 7.11 Å². The molecule has 0 aliphatic carbocycles. The summed E-state index contributed by atoms with van der Waals surface area (Å²) < 4.78 is 10.7. The number of halogens is 1. The number of anilines is 1. The molecular weight excluding hydrogens is 314 g/mol. The second kappa shape index (κ2) is 6.58. The predicted molar refractivity (Wildman–Crippen MR) is 91.9 cm³/mol. The van der Waals surface area contributed by atoms with Gasteiger partial charge in [0, 0.05) is 11.5 Å². The van der Waals surface area contributed by atoms with Crippen molar-refractivity contribution in [3.05, 3.63) is 65.4 Å². The van der Waals surface area contributed by atoms with Crippen LogP contribution < -0.4 is 10.1 Å². The molecule has 0 saturated heterocycles. The third-order valence-electron chi connectivity index (χ3n) is 3.33. The molecule has 5 heteroatoms. The zero-order chi connectivity index (χ0) is 16.2. The molecule has 2 aromatic carbocycles. The predicted octanol–water partition coefficient (Wildman–Crippen LogP) is 4.75. The molecule has 0 spiro atoms. The lowest BCUT2D eigenvalue weighted by atomic mass is 10.2. The van der Waals surface area contributed by atoms with Crippen LogP contribution in [-0.4, -0.2) is 13.0 Å². The van der Waals surface area contributed by atoms with Crippen molar-refractivity contribution in [1.82, 2.24) is 0 Å². The molecule has 0 bridgehead atoms. The molecule has 116 valence electrons. The van der Waals surface area contributed by atoms with Gasteiger partial charge in [0.15, 0.2) is 11.3 Å². The third-order valence-corrected chi connectivity index (χ3v) is 3.60. The maximum absolute atomic E-state index is 12.1. The van der Waals surface area contributed by atoms with Crippen LogP contribution >= 0.6 is 11.6 Å². The fourth-order valence-electron chi connectivity index (χ4n) is 2.24. The molecule has 1 heterocycles. The Morgan fingerprint density at radius 1 is 1.17 bits per heavy atom. The van der Waals surface area contributed by atoms with E-state index in [1.807, 2.05) is 42.5 Å². The van der Waals surface area contributed by atoms with Gasteiger partial charge in [0.25, 0.3) is 0 Å². The highest BCUT2D eigenvalue weighted by atomic mass is 35.5. The Balaban J connectivity index is 1.85. The normalized spacial score (nSPS) is 11.0. The van der Waals surface area contributed by atoms with E-state index >= 15 is 0 Å². The fraction of sp³-hybridized carbons (Fsp3) is 0.0556. The van der Waals surface area contributed by atoms with Crippen LogP contribution in [0.1, 0.15) is 5.56 Å². The lowest BCUT2D eigenvalue weighted by molar-refractivity contribution is -0.111. The summed E-state index contributed by atoms with van der Waals surface area (Å²) in [5.74, 6) is 0.269. The monoisotopic (exact) mass is 327 g/mol. The van der Waals surface area contributed by atoms with Crippen LogP contribution in [-0.2, 0) is 4.79 Å². The number of para-hydroxylation sites is 1. The maximum atomic E-state index is 12.1. The molecule has 3 rings (SSSR count). The highest BCUT2D eigenvalue weighted by molar-refractivity contribution is 6.34. The summed E-state index contributed by atoms with van der Waals surface area (Å²) in [6.45, 7) is 0. The minimum atomic E-state index is -0.290. The Morgan fingerprint density at radius 3 is 2.70 bits per heavy atom. The Hall–Kier alpha value is -2.72. The van der Waals surface area contributed by atoms with Crippen molar-refractivity contribution in [2.45, 2.75) is 0 Å². The number of carbonyl (C=O) groups is 1. The molecule has 0 aliphatic heterocycles. The number of hydrogen-bond acceptors (Lipinski definition) is 3. The van der Waals surface area contributed by atoms with Crippen LogP contribution in [0.15, 0.2) is 59.0 Å². The van der Waals surface area contributed by atoms with E-state index in [0.29, 0.717) is 22.4 Å². The molecule has 4 nitrogen and oxygen atoms in total. The van der Waals surface area contributed by atoms with Crippen LogP contribution in [0.5, 0.6) is 5.75 Å². The summed E-state index contributed by atoms with van der Waals surface area (Å²) in [6.07, 6.45) is 3.18. The van der Waals surface area contributed by atoms with E-state index < -0.39 is 0 Å². The van der Waals surface area contributed by atoms with Crippen molar-refractivity contribution in [3.63, 3.8) is 0 Å². The van der Waals surface area contributed by atoms with E-state index in [9.17, 15) is 4.79 Å². The molecule has 1 aromatic heterocycles. The number of nitrogens with one attached hydrogen (secondary N) is 1. The van der Waals surface area contributed by atoms with Crippen molar-refractivity contribution in [3.8, 4) is 5.75 Å². The van der Waals surface area contributed by atoms with Gasteiger partial charge < -0.3 is 14.5 Å². The summed E-state index contributed by atoms with van der Waals surface area (Å²) in [6, 6.07) is 14.9. The first-order valence-corrected chi connectivity index (χ1v) is 7.36. The second-order valence-electron chi connectivity index (χ2n) is 4.82. The average Bonchev–Trinajstić information content (AvgIpc) is 2.90. The smallest absolute Gasteiger partial charge is 0.248 e. The van der Waals surface area contributed by atoms with E-state index in [4.69, 9.17) is 20.8 Å². The van der Waals surface area contributed by atoms with Crippen molar-refractivity contribution < 1.29 is 13.9 Å². The van der Waals surface area contributed by atoms with Crippen LogP contribution in [0.25, 0.3) is 17.0 Å². The zero-order valence-corrected chi connectivity index (χ0v) is 13.1. The largest absolute Gasteiger partial charge is 0.493 e. The zero-order valence-electron chi connectivity index (χ0n) is 12.4. The molecule has 0 aliphatic rings. The van der Waals surface area contributed by atoms with Gasteiger partial charge in [0.2, 0.25) is 11.1 Å². The molecule has 0 unspecified atom stereocenters. The van der Waals surface area contributed by atoms with Gasteiger partial charge in [-0.3, -0.25) is 4.79 Å². The summed E-state index contributed by atoms with van der Waals surface area (Å²) in [5.41, 5.74) is 1.87. The number of rotatable bonds is 4. The Kier molecular flexibility index (Phi) is 4.35. The van der Waals surface area contributed by atoms with Gasteiger partial charge >= 0.3 is 0 Å². The SMILES string of the molecule is COc1cccc2c(NC(=O)C=Cc3ccccc3)c(Cl)oc12. The van der Waals surface area contributed by atoms with Crippen molar-refractivity contribution in [2.75, 3.05) is 12.4 Å². The molecule has 0 atom stereocenters. The Bertz CT molecular complexity index is 869. The van der Waals surface area contributed by atoms with Crippen LogP contribution in [0.4, 0.5) is 5.69 Å². The Labute approximate surface area is 138 Å². The van der Waals surface area contributed by atoms with Gasteiger partial charge in [0.1, 0.15) is 5.69 Å². The van der Waals surface area contributed by atoms with Gasteiger partial charge in [-0.25, -0.2) is 0 Å². The van der Waals surface area contributed by atoms with E-state index in [2.05, 4.69) is 5.32 Å². The summed E-state index contributed by atoms with van der Waals surface area (Å²) >= 11 is 6.10. The number of carbonyl (C=O) groups excluding carboxylic acids is 1. The summed E-state index contributed by atoms with van der Waals surface area (Å²) in [4.78, 5) is 12.1. The highest BCUT2D eigenvalue weighted by Gasteiger charge is 2.16. The van der Waals surface area contributed by atoms with Gasteiger partial charge in [-0.2, -0.15) is 0 Å². The molecule has 0 fully saturated rings. The lowest BCUT2D eigenvalue weighted by Gasteiger charge is -2.01. The van der Waals surface area contributed by atoms with Gasteiger partial charge in [-0.15, -0.1) is 0 Å². The number of amides is 1. The molecular formula is C18H14ClNO3. The van der Waals surface area contributed by atoms with Crippen molar-refractivity contribution in [2.24, 2.45) is 0 Å². The first-order valence-electron chi connectivity index (χ1n) is 6.98. The van der Waals surface area contributed by atoms with Crippen LogP contribution in [0.3, 0.4) is 0 Å². The minimum absolute atomic E-state index is 0.117. The molecule has 0 saturated carbocycles. The molecule has 23 heavy (non-hydrogen) atoms. The third kappa shape index (κ3) is 3.22. The molecule has 1 amide bonds. The average molecular weight is 328 g/mol. The van der Waals surface area contributed by atoms with E-state index in [-0.39, 0.29) is 11.1 Å². The first-order chi connectivity index (χ1) is 11.2. The molecule has 0 radical (unpaired) electrons. The van der Waals surface area contributed by atoms with E-state index in [1.54, 1.807) is 19.3 Å². The summed E-state index contributed by atoms with van der Waals surface area (Å²) in [7, 11) is 1.55.